The number of aliphatic hydroxyl groups excluding tert-OH is 1. The van der Waals surface area contributed by atoms with Crippen LogP contribution in [0.25, 0.3) is 11.1 Å². The SMILES string of the molecule is CCC(O)c1cccc(-c2ccc3c(c2)C(=O)NC[C@H]2CN(C)C[C@H]32)c1. The summed E-state index contributed by atoms with van der Waals surface area (Å²) in [5.74, 6) is 0.930. The lowest BCUT2D eigenvalue weighted by atomic mass is 9.86. The van der Waals surface area contributed by atoms with Crippen molar-refractivity contribution in [1.29, 1.82) is 0 Å². The smallest absolute Gasteiger partial charge is 0.251 e. The van der Waals surface area contributed by atoms with Gasteiger partial charge in [0.1, 0.15) is 0 Å². The minimum atomic E-state index is -0.450. The zero-order valence-corrected chi connectivity index (χ0v) is 15.4. The maximum Gasteiger partial charge on any atom is 0.251 e. The van der Waals surface area contributed by atoms with Gasteiger partial charge in [0.2, 0.25) is 0 Å². The van der Waals surface area contributed by atoms with Crippen LogP contribution >= 0.6 is 0 Å². The normalized spacial score (nSPS) is 23.7. The van der Waals surface area contributed by atoms with E-state index >= 15 is 0 Å². The summed E-state index contributed by atoms with van der Waals surface area (Å²) in [4.78, 5) is 15.0. The van der Waals surface area contributed by atoms with E-state index in [2.05, 4.69) is 29.4 Å². The molecule has 1 fully saturated rings. The first-order valence-corrected chi connectivity index (χ1v) is 9.46. The van der Waals surface area contributed by atoms with Crippen LogP contribution in [0.3, 0.4) is 0 Å². The van der Waals surface area contributed by atoms with E-state index in [1.54, 1.807) is 0 Å². The van der Waals surface area contributed by atoms with Crippen LogP contribution in [-0.4, -0.2) is 42.6 Å². The predicted octanol–water partition coefficient (Wildman–Crippen LogP) is 3.19. The van der Waals surface area contributed by atoms with Gasteiger partial charge in [0.15, 0.2) is 0 Å². The molecule has 26 heavy (non-hydrogen) atoms. The van der Waals surface area contributed by atoms with Crippen LogP contribution in [0.4, 0.5) is 0 Å². The fourth-order valence-corrected chi connectivity index (χ4v) is 4.38. The molecule has 0 radical (unpaired) electrons. The molecule has 1 unspecified atom stereocenters. The van der Waals surface area contributed by atoms with Crippen molar-refractivity contribution in [2.75, 3.05) is 26.7 Å². The van der Waals surface area contributed by atoms with Gasteiger partial charge in [-0.25, -0.2) is 0 Å². The molecule has 0 bridgehead atoms. The van der Waals surface area contributed by atoms with Crippen molar-refractivity contribution >= 4 is 5.91 Å². The van der Waals surface area contributed by atoms with Crippen molar-refractivity contribution in [2.24, 2.45) is 5.92 Å². The predicted molar refractivity (Wildman–Crippen MR) is 103 cm³/mol. The Morgan fingerprint density at radius 2 is 2.00 bits per heavy atom. The summed E-state index contributed by atoms with van der Waals surface area (Å²) in [7, 11) is 2.15. The Kier molecular flexibility index (Phi) is 4.55. The van der Waals surface area contributed by atoms with Gasteiger partial charge in [0.25, 0.3) is 5.91 Å². The fraction of sp³-hybridized carbons (Fsp3) is 0.409. The number of carbonyl (C=O) groups excluding carboxylic acids is 1. The highest BCUT2D eigenvalue weighted by Gasteiger charge is 2.36. The molecule has 0 aliphatic carbocycles. The van der Waals surface area contributed by atoms with Gasteiger partial charge in [-0.3, -0.25) is 4.79 Å². The average Bonchev–Trinajstić information content (AvgIpc) is 3.00. The van der Waals surface area contributed by atoms with Crippen LogP contribution in [0.1, 0.15) is 46.9 Å². The summed E-state index contributed by atoms with van der Waals surface area (Å²) in [6.07, 6.45) is 0.237. The first-order chi connectivity index (χ1) is 12.6. The number of hydrogen-bond donors (Lipinski definition) is 2. The van der Waals surface area contributed by atoms with Crippen molar-refractivity contribution in [3.63, 3.8) is 0 Å². The average molecular weight is 350 g/mol. The molecular formula is C22H26N2O2. The molecule has 2 N–H and O–H groups in total. The molecule has 2 aliphatic heterocycles. The standard InChI is InChI=1S/C22H26N2O2/c1-3-21(25)16-6-4-5-14(9-16)15-7-8-18-19(10-15)22(26)23-11-17-12-24(2)13-20(17)18/h4-10,17,20-21,25H,3,11-13H2,1-2H3,(H,23,26)/t17-,20-,21?/m0/s1. The van der Waals surface area contributed by atoms with Crippen molar-refractivity contribution in [1.82, 2.24) is 10.2 Å². The van der Waals surface area contributed by atoms with Gasteiger partial charge in [-0.15, -0.1) is 0 Å². The van der Waals surface area contributed by atoms with Crippen molar-refractivity contribution in [3.8, 4) is 11.1 Å². The van der Waals surface area contributed by atoms with Crippen molar-refractivity contribution < 1.29 is 9.90 Å². The number of nitrogens with one attached hydrogen (secondary N) is 1. The lowest BCUT2D eigenvalue weighted by molar-refractivity contribution is 0.0951. The summed E-state index contributed by atoms with van der Waals surface area (Å²) in [6, 6.07) is 14.2. The molecule has 0 saturated carbocycles. The third kappa shape index (κ3) is 3.04. The molecule has 3 atom stereocenters. The molecule has 4 rings (SSSR count). The van der Waals surface area contributed by atoms with Gasteiger partial charge in [-0.05, 0) is 53.8 Å². The van der Waals surface area contributed by atoms with Gasteiger partial charge in [0, 0.05) is 31.1 Å². The minimum absolute atomic E-state index is 0.0312. The van der Waals surface area contributed by atoms with Crippen LogP contribution in [0.15, 0.2) is 42.5 Å². The van der Waals surface area contributed by atoms with E-state index in [-0.39, 0.29) is 5.91 Å². The molecule has 1 amide bonds. The maximum atomic E-state index is 12.7. The van der Waals surface area contributed by atoms with Crippen molar-refractivity contribution in [3.05, 3.63) is 59.2 Å². The van der Waals surface area contributed by atoms with Crippen LogP contribution in [-0.2, 0) is 0 Å². The molecule has 136 valence electrons. The summed E-state index contributed by atoms with van der Waals surface area (Å²) in [5.41, 5.74) is 4.94. The summed E-state index contributed by atoms with van der Waals surface area (Å²) >= 11 is 0. The molecule has 2 heterocycles. The second-order valence-electron chi connectivity index (χ2n) is 7.65. The molecule has 2 aliphatic rings. The van der Waals surface area contributed by atoms with Crippen LogP contribution in [0, 0.1) is 5.92 Å². The Morgan fingerprint density at radius 1 is 1.19 bits per heavy atom. The number of fused-ring (bicyclic) bond motifs is 3. The summed E-state index contributed by atoms with van der Waals surface area (Å²) < 4.78 is 0. The van der Waals surface area contributed by atoms with E-state index in [1.165, 1.54) is 5.56 Å². The number of amides is 1. The first-order valence-electron chi connectivity index (χ1n) is 9.46. The number of nitrogens with zero attached hydrogens (tertiary/aromatic N) is 1. The van der Waals surface area contributed by atoms with Gasteiger partial charge in [-0.1, -0.05) is 37.3 Å². The lowest BCUT2D eigenvalue weighted by Crippen LogP contribution is -2.29. The summed E-state index contributed by atoms with van der Waals surface area (Å²) in [6.45, 7) is 4.75. The van der Waals surface area contributed by atoms with Crippen LogP contribution in [0.2, 0.25) is 0 Å². The molecule has 0 aromatic heterocycles. The van der Waals surface area contributed by atoms with Crippen LogP contribution in [0.5, 0.6) is 0 Å². The van der Waals surface area contributed by atoms with E-state index in [9.17, 15) is 9.90 Å². The molecule has 2 aromatic carbocycles. The Hall–Kier alpha value is -2.17. The highest BCUT2D eigenvalue weighted by atomic mass is 16.3. The molecule has 2 aromatic rings. The number of likely N-dealkylation sites (tertiary alicyclic amines) is 1. The van der Waals surface area contributed by atoms with E-state index < -0.39 is 6.10 Å². The maximum absolute atomic E-state index is 12.7. The largest absolute Gasteiger partial charge is 0.388 e. The van der Waals surface area contributed by atoms with E-state index in [1.807, 2.05) is 37.3 Å². The topological polar surface area (TPSA) is 52.6 Å². The lowest BCUT2D eigenvalue weighted by Gasteiger charge is -2.17. The Labute approximate surface area is 154 Å². The fourth-order valence-electron chi connectivity index (χ4n) is 4.38. The van der Waals surface area contributed by atoms with E-state index in [0.29, 0.717) is 18.3 Å². The number of likely N-dealkylation sites (N-methyl/N-ethyl adjacent to an activating group) is 1. The Bertz CT molecular complexity index is 833. The molecule has 4 nitrogen and oxygen atoms in total. The zero-order valence-electron chi connectivity index (χ0n) is 15.4. The Balaban J connectivity index is 1.74. The highest BCUT2D eigenvalue weighted by Crippen LogP contribution is 2.37. The molecule has 1 saturated heterocycles. The quantitative estimate of drug-likeness (QED) is 0.894. The van der Waals surface area contributed by atoms with Crippen molar-refractivity contribution in [2.45, 2.75) is 25.4 Å². The van der Waals surface area contributed by atoms with Crippen LogP contribution < -0.4 is 5.32 Å². The monoisotopic (exact) mass is 350 g/mol. The molecule has 0 spiro atoms. The number of benzene rings is 2. The second kappa shape index (κ2) is 6.86. The highest BCUT2D eigenvalue weighted by molar-refractivity contribution is 5.97. The third-order valence-electron chi connectivity index (χ3n) is 5.84. The molecular weight excluding hydrogens is 324 g/mol. The third-order valence-corrected chi connectivity index (χ3v) is 5.84. The molecule has 4 heteroatoms. The number of aliphatic hydroxyl groups is 1. The zero-order chi connectivity index (χ0) is 18.3. The van der Waals surface area contributed by atoms with E-state index in [0.717, 1.165) is 41.9 Å². The van der Waals surface area contributed by atoms with Gasteiger partial charge in [-0.2, -0.15) is 0 Å². The Morgan fingerprint density at radius 3 is 2.81 bits per heavy atom. The number of rotatable bonds is 3. The number of carbonyl (C=O) groups is 1. The second-order valence-corrected chi connectivity index (χ2v) is 7.65. The van der Waals surface area contributed by atoms with E-state index in [4.69, 9.17) is 0 Å². The summed E-state index contributed by atoms with van der Waals surface area (Å²) in [5, 5.41) is 13.2. The minimum Gasteiger partial charge on any atom is -0.388 e. The first kappa shape index (κ1) is 17.3. The number of hydrogen-bond acceptors (Lipinski definition) is 3. The van der Waals surface area contributed by atoms with Gasteiger partial charge in [0.05, 0.1) is 6.10 Å². The van der Waals surface area contributed by atoms with Gasteiger partial charge < -0.3 is 15.3 Å². The van der Waals surface area contributed by atoms with Gasteiger partial charge >= 0.3 is 0 Å².